The van der Waals surface area contributed by atoms with Gasteiger partial charge in [-0.1, -0.05) is 89.1 Å². The first-order valence-electron chi connectivity index (χ1n) is 10.2. The Hall–Kier alpha value is -1.84. The Balaban J connectivity index is 2.48. The molecule has 26 heavy (non-hydrogen) atoms. The quantitative estimate of drug-likeness (QED) is 0.443. The number of carboxylic acid groups (broad SMARTS) is 1. The zero-order chi connectivity index (χ0) is 19.2. The van der Waals surface area contributed by atoms with Crippen LogP contribution in [0.4, 0.5) is 0 Å². The Morgan fingerprint density at radius 2 is 1.58 bits per heavy atom. The van der Waals surface area contributed by atoms with Crippen molar-refractivity contribution < 1.29 is 14.7 Å². The van der Waals surface area contributed by atoms with Crippen molar-refractivity contribution in [3.05, 3.63) is 35.9 Å². The predicted octanol–water partition coefficient (Wildman–Crippen LogP) is 5.28. The average molecular weight is 362 g/mol. The van der Waals surface area contributed by atoms with Crippen LogP contribution in [-0.2, 0) is 9.59 Å². The average Bonchev–Trinajstić information content (AvgIpc) is 2.63. The largest absolute Gasteiger partial charge is 0.481 e. The summed E-state index contributed by atoms with van der Waals surface area (Å²) in [5, 5.41) is 12.6. The van der Waals surface area contributed by atoms with Crippen LogP contribution in [0.15, 0.2) is 30.3 Å². The standard InChI is InChI=1S/C22H35NO3/c1-3-5-6-7-8-12-16-19(13-4-2)23-21(24)17-20(22(25)26)18-14-10-9-11-15-18/h9-11,14-15,19-20H,3-8,12-13,16-17H2,1-2H3,(H,23,24)(H,25,26). The number of unbranched alkanes of at least 4 members (excludes halogenated alkanes) is 5. The second kappa shape index (κ2) is 13.4. The molecule has 0 aliphatic heterocycles. The molecule has 1 amide bonds. The van der Waals surface area contributed by atoms with E-state index >= 15 is 0 Å². The maximum Gasteiger partial charge on any atom is 0.311 e. The molecule has 0 saturated carbocycles. The smallest absolute Gasteiger partial charge is 0.311 e. The molecule has 4 heteroatoms. The summed E-state index contributed by atoms with van der Waals surface area (Å²) in [4.78, 5) is 24.0. The van der Waals surface area contributed by atoms with Crippen LogP contribution < -0.4 is 5.32 Å². The third-order valence-electron chi connectivity index (χ3n) is 4.80. The van der Waals surface area contributed by atoms with E-state index < -0.39 is 11.9 Å². The van der Waals surface area contributed by atoms with Crippen molar-refractivity contribution in [2.24, 2.45) is 0 Å². The molecule has 1 aromatic rings. The van der Waals surface area contributed by atoms with Crippen LogP contribution in [0.2, 0.25) is 0 Å². The lowest BCUT2D eigenvalue weighted by Crippen LogP contribution is -2.36. The van der Waals surface area contributed by atoms with Gasteiger partial charge in [-0.2, -0.15) is 0 Å². The van der Waals surface area contributed by atoms with E-state index in [-0.39, 0.29) is 18.4 Å². The summed E-state index contributed by atoms with van der Waals surface area (Å²) < 4.78 is 0. The second-order valence-electron chi connectivity index (χ2n) is 7.12. The number of nitrogens with one attached hydrogen (secondary N) is 1. The molecule has 0 aliphatic carbocycles. The fourth-order valence-electron chi connectivity index (χ4n) is 3.31. The Morgan fingerprint density at radius 3 is 2.19 bits per heavy atom. The maximum atomic E-state index is 12.4. The van der Waals surface area contributed by atoms with Gasteiger partial charge in [0.2, 0.25) is 5.91 Å². The van der Waals surface area contributed by atoms with Crippen LogP contribution in [0, 0.1) is 0 Å². The zero-order valence-electron chi connectivity index (χ0n) is 16.4. The molecule has 2 unspecified atom stereocenters. The lowest BCUT2D eigenvalue weighted by atomic mass is 9.95. The highest BCUT2D eigenvalue weighted by atomic mass is 16.4. The number of aliphatic carboxylic acids is 1. The van der Waals surface area contributed by atoms with E-state index in [4.69, 9.17) is 0 Å². The molecule has 0 fully saturated rings. The highest BCUT2D eigenvalue weighted by Crippen LogP contribution is 2.20. The van der Waals surface area contributed by atoms with Gasteiger partial charge in [-0.25, -0.2) is 0 Å². The molecule has 4 nitrogen and oxygen atoms in total. The molecule has 2 atom stereocenters. The van der Waals surface area contributed by atoms with Crippen LogP contribution >= 0.6 is 0 Å². The van der Waals surface area contributed by atoms with Crippen LogP contribution in [0.25, 0.3) is 0 Å². The summed E-state index contributed by atoms with van der Waals surface area (Å²) in [6.07, 6.45) is 10.4. The molecule has 1 rings (SSSR count). The van der Waals surface area contributed by atoms with Gasteiger partial charge in [0.15, 0.2) is 0 Å². The number of rotatable bonds is 14. The van der Waals surface area contributed by atoms with E-state index in [1.807, 2.05) is 18.2 Å². The SMILES string of the molecule is CCCCCCCCC(CCC)NC(=O)CC(C(=O)O)c1ccccc1. The minimum absolute atomic E-state index is 0.00391. The van der Waals surface area contributed by atoms with E-state index in [0.29, 0.717) is 5.56 Å². The van der Waals surface area contributed by atoms with E-state index in [2.05, 4.69) is 19.2 Å². The van der Waals surface area contributed by atoms with Crippen molar-refractivity contribution in [3.8, 4) is 0 Å². The molecule has 0 radical (unpaired) electrons. The van der Waals surface area contributed by atoms with E-state index in [9.17, 15) is 14.7 Å². The van der Waals surface area contributed by atoms with Crippen molar-refractivity contribution >= 4 is 11.9 Å². The van der Waals surface area contributed by atoms with Crippen LogP contribution in [0.5, 0.6) is 0 Å². The Labute approximate surface area is 158 Å². The molecule has 0 bridgehead atoms. The summed E-state index contributed by atoms with van der Waals surface area (Å²) in [6, 6.07) is 9.16. The number of hydrogen-bond donors (Lipinski definition) is 2. The topological polar surface area (TPSA) is 66.4 Å². The Bertz CT molecular complexity index is 515. The monoisotopic (exact) mass is 361 g/mol. The summed E-state index contributed by atoms with van der Waals surface area (Å²) in [5.74, 6) is -1.90. The molecular weight excluding hydrogens is 326 g/mol. The van der Waals surface area contributed by atoms with Gasteiger partial charge in [0.05, 0.1) is 5.92 Å². The van der Waals surface area contributed by atoms with Gasteiger partial charge in [0, 0.05) is 12.5 Å². The summed E-state index contributed by atoms with van der Waals surface area (Å²) in [7, 11) is 0. The van der Waals surface area contributed by atoms with Crippen LogP contribution in [0.1, 0.15) is 89.5 Å². The first kappa shape index (κ1) is 22.2. The van der Waals surface area contributed by atoms with Gasteiger partial charge in [-0.05, 0) is 18.4 Å². The maximum absolute atomic E-state index is 12.4. The fourth-order valence-corrected chi connectivity index (χ4v) is 3.31. The number of carbonyl (C=O) groups is 2. The van der Waals surface area contributed by atoms with Gasteiger partial charge in [0.1, 0.15) is 0 Å². The normalized spacial score (nSPS) is 13.2. The van der Waals surface area contributed by atoms with E-state index in [1.165, 1.54) is 32.1 Å². The molecule has 1 aromatic carbocycles. The third-order valence-corrected chi connectivity index (χ3v) is 4.80. The summed E-state index contributed by atoms with van der Waals surface area (Å²) in [6.45, 7) is 4.33. The van der Waals surface area contributed by atoms with Crippen molar-refractivity contribution in [1.29, 1.82) is 0 Å². The van der Waals surface area contributed by atoms with Gasteiger partial charge in [-0.3, -0.25) is 9.59 Å². The number of carbonyl (C=O) groups excluding carboxylic acids is 1. The van der Waals surface area contributed by atoms with Crippen molar-refractivity contribution in [3.63, 3.8) is 0 Å². The molecule has 0 saturated heterocycles. The van der Waals surface area contributed by atoms with Crippen molar-refractivity contribution in [2.75, 3.05) is 0 Å². The number of benzene rings is 1. The summed E-state index contributed by atoms with van der Waals surface area (Å²) in [5.41, 5.74) is 0.679. The van der Waals surface area contributed by atoms with Crippen molar-refractivity contribution in [2.45, 2.75) is 90.0 Å². The number of carboxylic acids is 1. The van der Waals surface area contributed by atoms with Gasteiger partial charge < -0.3 is 10.4 Å². The number of hydrogen-bond acceptors (Lipinski definition) is 2. The molecule has 2 N–H and O–H groups in total. The van der Waals surface area contributed by atoms with Crippen LogP contribution in [-0.4, -0.2) is 23.0 Å². The minimum atomic E-state index is -0.950. The van der Waals surface area contributed by atoms with E-state index in [0.717, 1.165) is 25.7 Å². The second-order valence-corrected chi connectivity index (χ2v) is 7.12. The predicted molar refractivity (Wildman–Crippen MR) is 106 cm³/mol. The fraction of sp³-hybridized carbons (Fsp3) is 0.636. The highest BCUT2D eigenvalue weighted by molar-refractivity contribution is 5.85. The molecular formula is C22H35NO3. The third kappa shape index (κ3) is 9.02. The number of amides is 1. The first-order chi connectivity index (χ1) is 12.6. The van der Waals surface area contributed by atoms with E-state index in [1.54, 1.807) is 12.1 Å². The van der Waals surface area contributed by atoms with Gasteiger partial charge in [0.25, 0.3) is 0 Å². The Morgan fingerprint density at radius 1 is 0.923 bits per heavy atom. The molecule has 0 aliphatic rings. The first-order valence-corrected chi connectivity index (χ1v) is 10.2. The van der Waals surface area contributed by atoms with Gasteiger partial charge >= 0.3 is 5.97 Å². The van der Waals surface area contributed by atoms with Crippen molar-refractivity contribution in [1.82, 2.24) is 5.32 Å². The minimum Gasteiger partial charge on any atom is -0.481 e. The molecule has 0 spiro atoms. The van der Waals surface area contributed by atoms with Gasteiger partial charge in [-0.15, -0.1) is 0 Å². The Kier molecular flexibility index (Phi) is 11.4. The molecule has 0 heterocycles. The lowest BCUT2D eigenvalue weighted by molar-refractivity contribution is -0.141. The molecule has 0 aromatic heterocycles. The highest BCUT2D eigenvalue weighted by Gasteiger charge is 2.24. The summed E-state index contributed by atoms with van der Waals surface area (Å²) >= 11 is 0. The zero-order valence-corrected chi connectivity index (χ0v) is 16.4. The lowest BCUT2D eigenvalue weighted by Gasteiger charge is -2.20. The van der Waals surface area contributed by atoms with Crippen LogP contribution in [0.3, 0.4) is 0 Å². The molecule has 146 valence electrons.